The molecule has 0 N–H and O–H groups in total. The summed E-state index contributed by atoms with van der Waals surface area (Å²) in [6.07, 6.45) is -9.49. The molecule has 0 saturated carbocycles. The van der Waals surface area contributed by atoms with Crippen LogP contribution in [-0.2, 0) is 38.2 Å². The lowest BCUT2D eigenvalue weighted by molar-refractivity contribution is 0.904. The van der Waals surface area contributed by atoms with Gasteiger partial charge in [0.05, 0.1) is 22.4 Å². The third-order valence-corrected chi connectivity index (χ3v) is 10.1. The maximum Gasteiger partial charge on any atom is 0.145 e. The first-order chi connectivity index (χ1) is 33.7. The van der Waals surface area contributed by atoms with E-state index >= 15 is 0 Å². The zero-order valence-corrected chi connectivity index (χ0v) is 31.6. The van der Waals surface area contributed by atoms with Crippen LogP contribution < -0.4 is 0 Å². The molecule has 0 radical (unpaired) electrons. The fourth-order valence-corrected chi connectivity index (χ4v) is 7.24. The fourth-order valence-electron chi connectivity index (χ4n) is 7.24. The van der Waals surface area contributed by atoms with Gasteiger partial charge in [-0.2, -0.15) is 0 Å². The van der Waals surface area contributed by atoms with Crippen LogP contribution in [0.5, 0.6) is 0 Å². The lowest BCUT2D eigenvalue weighted by Crippen LogP contribution is -2.00. The number of fused-ring (bicyclic) bond motifs is 6. The molecule has 5 heterocycles. The summed E-state index contributed by atoms with van der Waals surface area (Å²) in [6.45, 7) is 0. The van der Waals surface area contributed by atoms with Crippen LogP contribution in [0.25, 0.3) is 61.1 Å². The van der Waals surface area contributed by atoms with Gasteiger partial charge < -0.3 is 0 Å². The molecule has 0 aliphatic heterocycles. The molecular formula is C54H43N5. The number of pyridine rings is 4. The Morgan fingerprint density at radius 2 is 0.932 bits per heavy atom. The van der Waals surface area contributed by atoms with Gasteiger partial charge in [0, 0.05) is 74.9 Å². The third kappa shape index (κ3) is 7.75. The highest BCUT2D eigenvalue weighted by atomic mass is 15.0. The van der Waals surface area contributed by atoms with E-state index in [1.807, 2.05) is 40.8 Å². The van der Waals surface area contributed by atoms with Crippen LogP contribution in [-0.4, -0.2) is 24.3 Å². The van der Waals surface area contributed by atoms with Gasteiger partial charge >= 0.3 is 0 Å². The number of hydrogen-bond donors (Lipinski definition) is 0. The summed E-state index contributed by atoms with van der Waals surface area (Å²) in [5, 5.41) is 1.11. The van der Waals surface area contributed by atoms with Gasteiger partial charge in [-0.3, -0.25) is 19.4 Å². The lowest BCUT2D eigenvalue weighted by Gasteiger charge is -2.14. The Morgan fingerprint density at radius 3 is 1.51 bits per heavy atom. The number of hydrogen-bond acceptors (Lipinski definition) is 4. The number of rotatable bonds is 12. The first-order valence-electron chi connectivity index (χ1n) is 25.2. The Morgan fingerprint density at radius 1 is 0.390 bits per heavy atom. The molecule has 0 saturated heterocycles. The largest absolute Gasteiger partial charge is 0.297 e. The van der Waals surface area contributed by atoms with Gasteiger partial charge in [0.1, 0.15) is 5.65 Å². The van der Waals surface area contributed by atoms with Gasteiger partial charge in [0.15, 0.2) is 0 Å². The Bertz CT molecular complexity index is 3460. The van der Waals surface area contributed by atoms with E-state index in [1.165, 1.54) is 36.4 Å². The van der Waals surface area contributed by atoms with Gasteiger partial charge in [-0.05, 0) is 114 Å². The summed E-state index contributed by atoms with van der Waals surface area (Å²) >= 11 is 0. The van der Waals surface area contributed by atoms with E-state index in [9.17, 15) is 16.4 Å². The smallest absolute Gasteiger partial charge is 0.145 e. The fraction of sp³-hybridized carbons (Fsp3) is 0.111. The standard InChI is InChI=1S/C54H43N5/c1-2-8-44(9-3-1)47-28-31-57-52-48-27-22-40(37-49(48)54-58-32-33-59(54)53(47)52)14-17-43-35-41(15-12-38-18-23-45(24-19-38)50-10-4-6-29-55-50)34-42(36-43)16-13-39-20-25-46(26-21-39)51-11-5-7-30-56-51/h1-11,18-37H,12-17H2/i12D2,13D2,14D2,15D2,16D2,17D2. The molecule has 0 spiro atoms. The summed E-state index contributed by atoms with van der Waals surface area (Å²) in [4.78, 5) is 18.1. The Kier molecular flexibility index (Phi) is 6.97. The second kappa shape index (κ2) is 16.3. The summed E-state index contributed by atoms with van der Waals surface area (Å²) < 4.78 is 116. The molecule has 0 bridgehead atoms. The van der Waals surface area contributed by atoms with Gasteiger partial charge in [-0.15, -0.1) is 0 Å². The first kappa shape index (κ1) is 25.2. The highest BCUT2D eigenvalue weighted by Crippen LogP contribution is 2.34. The van der Waals surface area contributed by atoms with E-state index in [-0.39, 0.29) is 16.7 Å². The van der Waals surface area contributed by atoms with Crippen LogP contribution >= 0.6 is 0 Å². The zero-order valence-electron chi connectivity index (χ0n) is 43.6. The first-order valence-corrected chi connectivity index (χ1v) is 19.2. The third-order valence-electron chi connectivity index (χ3n) is 10.1. The van der Waals surface area contributed by atoms with Crippen molar-refractivity contribution in [2.45, 2.75) is 38.2 Å². The Balaban J connectivity index is 1.11. The van der Waals surface area contributed by atoms with Crippen LogP contribution in [0.1, 0.15) is 49.8 Å². The summed E-state index contributed by atoms with van der Waals surface area (Å²) in [6, 6.07) is 42.2. The molecule has 0 unspecified atom stereocenters. The Hall–Kier alpha value is -7.24. The van der Waals surface area contributed by atoms with Crippen molar-refractivity contribution in [1.29, 1.82) is 0 Å². The van der Waals surface area contributed by atoms with Crippen molar-refractivity contribution in [3.63, 3.8) is 0 Å². The minimum atomic E-state index is -3.09. The summed E-state index contributed by atoms with van der Waals surface area (Å²) in [7, 11) is 0. The molecule has 5 aromatic heterocycles. The van der Waals surface area contributed by atoms with Crippen molar-refractivity contribution in [2.75, 3.05) is 0 Å². The topological polar surface area (TPSA) is 56.0 Å². The predicted molar refractivity (Wildman–Crippen MR) is 241 cm³/mol. The van der Waals surface area contributed by atoms with E-state index in [4.69, 9.17) is 4.98 Å². The van der Waals surface area contributed by atoms with Crippen molar-refractivity contribution in [3.05, 3.63) is 222 Å². The number of aromatic nitrogens is 5. The molecule has 5 aromatic carbocycles. The van der Waals surface area contributed by atoms with E-state index in [0.29, 0.717) is 44.5 Å². The van der Waals surface area contributed by atoms with Gasteiger partial charge in [-0.1, -0.05) is 121 Å². The molecule has 0 amide bonds. The molecule has 10 aromatic rings. The summed E-state index contributed by atoms with van der Waals surface area (Å²) in [5.41, 5.74) is 4.31. The normalized spacial score (nSPS) is 15.9. The molecule has 0 fully saturated rings. The maximum atomic E-state index is 9.67. The van der Waals surface area contributed by atoms with Gasteiger partial charge in [0.2, 0.25) is 0 Å². The monoisotopic (exact) mass is 773 g/mol. The predicted octanol–water partition coefficient (Wildman–Crippen LogP) is 12.2. The van der Waals surface area contributed by atoms with Crippen molar-refractivity contribution >= 4 is 27.5 Å². The van der Waals surface area contributed by atoms with Crippen molar-refractivity contribution < 1.29 is 16.4 Å². The van der Waals surface area contributed by atoms with Crippen LogP contribution in [0.4, 0.5) is 0 Å². The molecule has 5 heteroatoms. The SMILES string of the molecule is [2H]C([2H])(c1ccc(-c2ccccn2)cc1)C([2H])([2H])c1cc(C([2H])([2H])C([2H])([2H])c2ccc(-c3ccccn3)cc2)cc(C([2H])([2H])C([2H])([2H])c2ccc3c(c2)c2nccn2c2c(-c4ccccc4)ccnc32)c1. The number of nitrogens with zero attached hydrogens (tertiary/aromatic N) is 5. The van der Waals surface area contributed by atoms with Crippen molar-refractivity contribution in [3.8, 4) is 33.6 Å². The number of benzene rings is 5. The zero-order chi connectivity index (χ0) is 50.1. The molecule has 0 aliphatic rings. The molecule has 59 heavy (non-hydrogen) atoms. The number of imidazole rings is 1. The van der Waals surface area contributed by atoms with E-state index in [2.05, 4.69) is 15.0 Å². The average Bonchev–Trinajstić information content (AvgIpc) is 3.90. The highest BCUT2D eigenvalue weighted by Gasteiger charge is 2.15. The molecule has 0 atom stereocenters. The minimum absolute atomic E-state index is 0.0850. The van der Waals surface area contributed by atoms with Crippen LogP contribution in [0.2, 0.25) is 0 Å². The molecular weight excluding hydrogens is 719 g/mol. The van der Waals surface area contributed by atoms with Crippen LogP contribution in [0, 0.1) is 0 Å². The van der Waals surface area contributed by atoms with Crippen LogP contribution in [0.3, 0.4) is 0 Å². The second-order valence-corrected chi connectivity index (χ2v) is 13.9. The van der Waals surface area contributed by atoms with Crippen LogP contribution in [0.15, 0.2) is 189 Å². The highest BCUT2D eigenvalue weighted by molar-refractivity contribution is 6.13. The van der Waals surface area contributed by atoms with Crippen molar-refractivity contribution in [1.82, 2.24) is 24.3 Å². The quantitative estimate of drug-likeness (QED) is 0.116. The minimum Gasteiger partial charge on any atom is -0.297 e. The average molecular weight is 774 g/mol. The van der Waals surface area contributed by atoms with Gasteiger partial charge in [-0.25, -0.2) is 4.98 Å². The molecule has 284 valence electrons. The lowest BCUT2D eigenvalue weighted by atomic mass is 9.93. The maximum absolute atomic E-state index is 9.67. The van der Waals surface area contributed by atoms with E-state index in [1.54, 1.807) is 97.7 Å². The van der Waals surface area contributed by atoms with E-state index < -0.39 is 54.9 Å². The second-order valence-electron chi connectivity index (χ2n) is 13.9. The molecule has 10 rings (SSSR count). The Labute approximate surface area is 361 Å². The van der Waals surface area contributed by atoms with Crippen molar-refractivity contribution in [2.24, 2.45) is 0 Å². The van der Waals surface area contributed by atoms with Gasteiger partial charge in [0.25, 0.3) is 0 Å². The van der Waals surface area contributed by atoms with E-state index in [0.717, 1.165) is 34.8 Å². The molecule has 5 nitrogen and oxygen atoms in total. The number of aryl methyl sites for hydroxylation is 6. The molecule has 0 aliphatic carbocycles. The summed E-state index contributed by atoms with van der Waals surface area (Å²) in [5.74, 6) is 0.